The quantitative estimate of drug-likeness (QED) is 0.919. The average Bonchev–Trinajstić information content (AvgIpc) is 2.97. The van der Waals surface area contributed by atoms with Crippen LogP contribution in [0.3, 0.4) is 0 Å². The summed E-state index contributed by atoms with van der Waals surface area (Å²) in [5.41, 5.74) is 2.66. The predicted octanol–water partition coefficient (Wildman–Crippen LogP) is 3.79. The van der Waals surface area contributed by atoms with E-state index in [1.165, 1.54) is 11.3 Å². The van der Waals surface area contributed by atoms with Crippen molar-refractivity contribution in [1.29, 1.82) is 0 Å². The van der Waals surface area contributed by atoms with Crippen molar-refractivity contribution in [3.05, 3.63) is 41.5 Å². The third-order valence-electron chi connectivity index (χ3n) is 5.00. The molecular weight excluding hydrogens is 310 g/mol. The van der Waals surface area contributed by atoms with E-state index in [4.69, 9.17) is 4.98 Å². The van der Waals surface area contributed by atoms with Crippen LogP contribution < -0.4 is 5.32 Å². The van der Waals surface area contributed by atoms with Gasteiger partial charge in [0, 0.05) is 47.8 Å². The second-order valence-corrected chi connectivity index (χ2v) is 8.95. The molecule has 0 aromatic carbocycles. The maximum Gasteiger partial charge on any atom is 0.133 e. The first-order valence-corrected chi connectivity index (χ1v) is 9.29. The van der Waals surface area contributed by atoms with Crippen LogP contribution in [0.25, 0.3) is 0 Å². The molecule has 0 fully saturated rings. The zero-order valence-corrected chi connectivity index (χ0v) is 16.4. The molecule has 0 saturated heterocycles. The number of nitrogens with zero attached hydrogens (tertiary/aromatic N) is 4. The molecule has 1 unspecified atom stereocenters. The normalized spacial score (nSPS) is 19.7. The summed E-state index contributed by atoms with van der Waals surface area (Å²) in [5, 5.41) is 3.71. The van der Waals surface area contributed by atoms with Crippen molar-refractivity contribution in [1.82, 2.24) is 24.8 Å². The van der Waals surface area contributed by atoms with E-state index in [0.29, 0.717) is 0 Å². The molecule has 5 nitrogen and oxygen atoms in total. The highest BCUT2D eigenvalue weighted by Crippen LogP contribution is 2.40. The molecule has 2 aromatic heterocycles. The summed E-state index contributed by atoms with van der Waals surface area (Å²) in [7, 11) is 0. The molecule has 0 aliphatic heterocycles. The number of imidazole rings is 1. The standard InChI is InChI=1S/C20H31N5/c1-7-25-9-8-21-17(25)13-22-15-10-20(5,6)11-16-14(15)12-23-18(24-16)19(2,3)4/h8-9,12,15,22H,7,10-11,13H2,1-6H3. The molecule has 5 heteroatoms. The molecular formula is C20H31N5. The highest BCUT2D eigenvalue weighted by molar-refractivity contribution is 5.28. The second kappa shape index (κ2) is 6.52. The van der Waals surface area contributed by atoms with Crippen LogP contribution in [-0.4, -0.2) is 19.5 Å². The Bertz CT molecular complexity index is 739. The van der Waals surface area contributed by atoms with Crippen LogP contribution in [0.5, 0.6) is 0 Å². The fourth-order valence-corrected chi connectivity index (χ4v) is 3.60. The summed E-state index contributed by atoms with van der Waals surface area (Å²) in [5.74, 6) is 2.02. The summed E-state index contributed by atoms with van der Waals surface area (Å²) in [6.07, 6.45) is 8.05. The predicted molar refractivity (Wildman–Crippen MR) is 100 cm³/mol. The number of aromatic nitrogens is 4. The molecule has 1 atom stereocenters. The maximum atomic E-state index is 4.94. The molecule has 0 spiro atoms. The molecule has 1 N–H and O–H groups in total. The summed E-state index contributed by atoms with van der Waals surface area (Å²) in [6.45, 7) is 15.0. The maximum absolute atomic E-state index is 4.94. The number of aryl methyl sites for hydroxylation is 1. The Balaban J connectivity index is 1.86. The second-order valence-electron chi connectivity index (χ2n) is 8.95. The average molecular weight is 342 g/mol. The van der Waals surface area contributed by atoms with Gasteiger partial charge in [-0.1, -0.05) is 34.6 Å². The molecule has 136 valence electrons. The van der Waals surface area contributed by atoms with Crippen LogP contribution in [0.15, 0.2) is 18.6 Å². The minimum atomic E-state index is -0.0224. The van der Waals surface area contributed by atoms with Crippen LogP contribution in [0.1, 0.15) is 76.9 Å². The van der Waals surface area contributed by atoms with Gasteiger partial charge >= 0.3 is 0 Å². The van der Waals surface area contributed by atoms with Gasteiger partial charge in [-0.3, -0.25) is 0 Å². The zero-order chi connectivity index (χ0) is 18.2. The summed E-state index contributed by atoms with van der Waals surface area (Å²) in [4.78, 5) is 14.1. The Labute approximate surface area is 151 Å². The minimum Gasteiger partial charge on any atom is -0.334 e. The van der Waals surface area contributed by atoms with Gasteiger partial charge in [-0.25, -0.2) is 15.0 Å². The van der Waals surface area contributed by atoms with Gasteiger partial charge < -0.3 is 9.88 Å². The molecule has 0 saturated carbocycles. The van der Waals surface area contributed by atoms with Crippen LogP contribution in [0.2, 0.25) is 0 Å². The molecule has 3 rings (SSSR count). The van der Waals surface area contributed by atoms with E-state index in [9.17, 15) is 0 Å². The Morgan fingerprint density at radius 2 is 2.04 bits per heavy atom. The van der Waals surface area contributed by atoms with E-state index in [2.05, 4.69) is 61.4 Å². The molecule has 2 heterocycles. The molecule has 0 radical (unpaired) electrons. The molecule has 1 aliphatic carbocycles. The van der Waals surface area contributed by atoms with Crippen molar-refractivity contribution in [3.63, 3.8) is 0 Å². The van der Waals surface area contributed by atoms with Crippen molar-refractivity contribution in [3.8, 4) is 0 Å². The Morgan fingerprint density at radius 3 is 2.72 bits per heavy atom. The lowest BCUT2D eigenvalue weighted by atomic mass is 9.74. The fraction of sp³-hybridized carbons (Fsp3) is 0.650. The first-order valence-electron chi connectivity index (χ1n) is 9.29. The number of fused-ring (bicyclic) bond motifs is 1. The van der Waals surface area contributed by atoms with Crippen molar-refractivity contribution in [2.75, 3.05) is 0 Å². The largest absolute Gasteiger partial charge is 0.334 e. The van der Waals surface area contributed by atoms with E-state index in [1.54, 1.807) is 0 Å². The number of hydrogen-bond acceptors (Lipinski definition) is 4. The van der Waals surface area contributed by atoms with E-state index in [0.717, 1.165) is 37.6 Å². The van der Waals surface area contributed by atoms with Gasteiger partial charge in [0.25, 0.3) is 0 Å². The minimum absolute atomic E-state index is 0.0224. The van der Waals surface area contributed by atoms with Crippen molar-refractivity contribution in [2.24, 2.45) is 5.41 Å². The molecule has 0 amide bonds. The van der Waals surface area contributed by atoms with Gasteiger partial charge in [-0.05, 0) is 25.2 Å². The van der Waals surface area contributed by atoms with E-state index in [1.807, 2.05) is 18.6 Å². The summed E-state index contributed by atoms with van der Waals surface area (Å²) >= 11 is 0. The van der Waals surface area contributed by atoms with Crippen molar-refractivity contribution in [2.45, 2.75) is 78.9 Å². The molecule has 1 aliphatic rings. The van der Waals surface area contributed by atoms with Gasteiger partial charge in [-0.15, -0.1) is 0 Å². The third kappa shape index (κ3) is 3.92. The van der Waals surface area contributed by atoms with Crippen LogP contribution in [0, 0.1) is 5.41 Å². The van der Waals surface area contributed by atoms with Crippen molar-refractivity contribution < 1.29 is 0 Å². The van der Waals surface area contributed by atoms with E-state index >= 15 is 0 Å². The molecule has 2 aromatic rings. The van der Waals surface area contributed by atoms with Gasteiger partial charge in [-0.2, -0.15) is 0 Å². The van der Waals surface area contributed by atoms with Crippen molar-refractivity contribution >= 4 is 0 Å². The monoisotopic (exact) mass is 341 g/mol. The van der Waals surface area contributed by atoms with Crippen LogP contribution in [-0.2, 0) is 24.9 Å². The van der Waals surface area contributed by atoms with Gasteiger partial charge in [0.15, 0.2) is 0 Å². The SMILES string of the molecule is CCn1ccnc1CNC1CC(C)(C)Cc2nc(C(C)(C)C)ncc21. The Hall–Kier alpha value is -1.75. The topological polar surface area (TPSA) is 55.6 Å². The smallest absolute Gasteiger partial charge is 0.133 e. The number of rotatable bonds is 4. The van der Waals surface area contributed by atoms with Gasteiger partial charge in [0.05, 0.1) is 6.54 Å². The highest BCUT2D eigenvalue weighted by atomic mass is 15.1. The zero-order valence-electron chi connectivity index (χ0n) is 16.4. The van der Waals surface area contributed by atoms with Gasteiger partial charge in [0.2, 0.25) is 0 Å². The molecule has 25 heavy (non-hydrogen) atoms. The highest BCUT2D eigenvalue weighted by Gasteiger charge is 2.34. The van der Waals surface area contributed by atoms with Crippen LogP contribution >= 0.6 is 0 Å². The van der Waals surface area contributed by atoms with E-state index in [-0.39, 0.29) is 16.9 Å². The summed E-state index contributed by atoms with van der Waals surface area (Å²) < 4.78 is 2.18. The lowest BCUT2D eigenvalue weighted by molar-refractivity contribution is 0.250. The first kappa shape index (κ1) is 18.1. The Kier molecular flexibility index (Phi) is 4.71. The van der Waals surface area contributed by atoms with E-state index < -0.39 is 0 Å². The Morgan fingerprint density at radius 1 is 1.28 bits per heavy atom. The first-order chi connectivity index (χ1) is 11.7. The lowest BCUT2D eigenvalue weighted by Gasteiger charge is -2.37. The third-order valence-corrected chi connectivity index (χ3v) is 5.00. The fourth-order valence-electron chi connectivity index (χ4n) is 3.60. The molecule has 0 bridgehead atoms. The summed E-state index contributed by atoms with van der Waals surface area (Å²) in [6, 6.07) is 0.273. The van der Waals surface area contributed by atoms with Gasteiger partial charge in [0.1, 0.15) is 11.6 Å². The number of hydrogen-bond donors (Lipinski definition) is 1. The number of nitrogens with one attached hydrogen (secondary N) is 1. The lowest BCUT2D eigenvalue weighted by Crippen LogP contribution is -2.35. The van der Waals surface area contributed by atoms with Crippen LogP contribution in [0.4, 0.5) is 0 Å².